The molecule has 6 nitrogen and oxygen atoms in total. The summed E-state index contributed by atoms with van der Waals surface area (Å²) in [5.41, 5.74) is 1.04. The Hall–Kier alpha value is -2.64. The van der Waals surface area contributed by atoms with Crippen LogP contribution in [0.2, 0.25) is 0 Å². The highest BCUT2D eigenvalue weighted by Gasteiger charge is 2.35. The number of nitrogens with zero attached hydrogens (tertiary/aromatic N) is 3. The van der Waals surface area contributed by atoms with Crippen LogP contribution in [0, 0.1) is 0 Å². The Kier molecular flexibility index (Phi) is 6.16. The first kappa shape index (κ1) is 21.6. The Morgan fingerprint density at radius 1 is 1.06 bits per heavy atom. The topological polar surface area (TPSA) is 62.6 Å². The van der Waals surface area contributed by atoms with Crippen LogP contribution in [0.3, 0.4) is 0 Å². The molecule has 2 aromatic carbocycles. The lowest BCUT2D eigenvalue weighted by Crippen LogP contribution is -2.44. The molecule has 0 aliphatic heterocycles. The van der Waals surface area contributed by atoms with Crippen LogP contribution in [0.4, 0.5) is 0 Å². The van der Waals surface area contributed by atoms with E-state index in [4.69, 9.17) is 0 Å². The lowest BCUT2D eigenvalue weighted by atomic mass is 10.1. The first-order valence-electron chi connectivity index (χ1n) is 10.8. The van der Waals surface area contributed by atoms with Crippen molar-refractivity contribution in [3.05, 3.63) is 66.5 Å². The molecule has 0 unspecified atom stereocenters. The molecule has 0 radical (unpaired) electrons. The van der Waals surface area contributed by atoms with E-state index in [1.165, 1.54) is 4.31 Å². The summed E-state index contributed by atoms with van der Waals surface area (Å²) in [4.78, 5) is 15.4. The summed E-state index contributed by atoms with van der Waals surface area (Å²) in [6.45, 7) is 2.60. The van der Waals surface area contributed by atoms with Gasteiger partial charge in [-0.25, -0.2) is 8.42 Å². The number of aryl methyl sites for hydroxylation is 1. The number of benzene rings is 2. The fraction of sp³-hybridized carbons (Fsp3) is 0.375. The summed E-state index contributed by atoms with van der Waals surface area (Å²) in [5.74, 6) is -0.138. The molecule has 164 valence electrons. The van der Waals surface area contributed by atoms with Gasteiger partial charge in [0.15, 0.2) is 0 Å². The first-order chi connectivity index (χ1) is 14.9. The second-order valence-corrected chi connectivity index (χ2v) is 10.1. The van der Waals surface area contributed by atoms with E-state index in [-0.39, 0.29) is 23.4 Å². The van der Waals surface area contributed by atoms with Gasteiger partial charge in [0.1, 0.15) is 0 Å². The molecule has 1 heterocycles. The van der Waals surface area contributed by atoms with Crippen molar-refractivity contribution in [2.45, 2.75) is 43.7 Å². The maximum atomic E-state index is 13.6. The van der Waals surface area contributed by atoms with Crippen LogP contribution >= 0.6 is 0 Å². The van der Waals surface area contributed by atoms with Crippen LogP contribution in [0.1, 0.15) is 31.9 Å². The summed E-state index contributed by atoms with van der Waals surface area (Å²) < 4.78 is 30.5. The molecule has 0 saturated heterocycles. The normalized spacial score (nSPS) is 14.3. The molecule has 0 N–H and O–H groups in total. The van der Waals surface area contributed by atoms with Gasteiger partial charge in [-0.15, -0.1) is 0 Å². The Bertz CT molecular complexity index is 1180. The summed E-state index contributed by atoms with van der Waals surface area (Å²) >= 11 is 0. The zero-order chi connectivity index (χ0) is 22.0. The highest BCUT2D eigenvalue weighted by Crippen LogP contribution is 2.30. The minimum atomic E-state index is -3.81. The molecular weight excluding hydrogens is 410 g/mol. The van der Waals surface area contributed by atoms with Crippen molar-refractivity contribution in [1.82, 2.24) is 13.8 Å². The largest absolute Gasteiger partial charge is 0.353 e. The first-order valence-corrected chi connectivity index (χ1v) is 12.2. The Morgan fingerprint density at radius 3 is 2.48 bits per heavy atom. The van der Waals surface area contributed by atoms with Crippen molar-refractivity contribution in [3.63, 3.8) is 0 Å². The molecule has 0 bridgehead atoms. The molecule has 1 aliphatic rings. The molecule has 4 rings (SSSR count). The van der Waals surface area contributed by atoms with E-state index in [1.54, 1.807) is 12.1 Å². The van der Waals surface area contributed by atoms with Crippen LogP contribution in [0.5, 0.6) is 0 Å². The molecule has 0 atom stereocenters. The third kappa shape index (κ3) is 4.52. The summed E-state index contributed by atoms with van der Waals surface area (Å²) in [5, 5.41) is 1.55. The predicted molar refractivity (Wildman–Crippen MR) is 122 cm³/mol. The third-order valence-electron chi connectivity index (χ3n) is 5.84. The fourth-order valence-electron chi connectivity index (χ4n) is 3.98. The van der Waals surface area contributed by atoms with Crippen LogP contribution < -0.4 is 0 Å². The number of fused-ring (bicyclic) bond motifs is 1. The second kappa shape index (κ2) is 8.85. The maximum absolute atomic E-state index is 13.6. The van der Waals surface area contributed by atoms with Crippen molar-refractivity contribution in [2.75, 3.05) is 13.1 Å². The second-order valence-electron chi connectivity index (χ2n) is 8.18. The van der Waals surface area contributed by atoms with Gasteiger partial charge in [-0.05, 0) is 42.8 Å². The lowest BCUT2D eigenvalue weighted by Gasteiger charge is -2.27. The number of sulfonamides is 1. The summed E-state index contributed by atoms with van der Waals surface area (Å²) in [6, 6.07) is 16.9. The number of aromatic nitrogens is 1. The minimum Gasteiger partial charge on any atom is -0.353 e. The van der Waals surface area contributed by atoms with Gasteiger partial charge in [0.2, 0.25) is 15.9 Å². The van der Waals surface area contributed by atoms with Gasteiger partial charge in [0.25, 0.3) is 0 Å². The van der Waals surface area contributed by atoms with Gasteiger partial charge < -0.3 is 9.47 Å². The minimum absolute atomic E-state index is 0.138. The molecule has 1 aromatic heterocycles. The number of carbonyl (C=O) groups is 1. The van der Waals surface area contributed by atoms with Crippen molar-refractivity contribution >= 4 is 26.7 Å². The standard InChI is InChI=1S/C24H29N3O3S/c1-3-15-26(31(29,30)23-12-6-9-19-8-4-5-11-22(19)23)18-24(28)27(20-13-14-20)17-21-10-7-16-25(21)2/h4-12,16,20H,3,13-15,17-18H2,1-2H3. The summed E-state index contributed by atoms with van der Waals surface area (Å²) in [6.07, 6.45) is 4.54. The number of hydrogen-bond donors (Lipinski definition) is 0. The Labute approximate surface area is 184 Å². The van der Waals surface area contributed by atoms with Crippen LogP contribution in [-0.2, 0) is 28.4 Å². The quantitative estimate of drug-likeness (QED) is 0.510. The van der Waals surface area contributed by atoms with Gasteiger partial charge >= 0.3 is 0 Å². The molecule has 0 spiro atoms. The number of amides is 1. The average molecular weight is 440 g/mol. The maximum Gasteiger partial charge on any atom is 0.244 e. The van der Waals surface area contributed by atoms with Crippen molar-refractivity contribution < 1.29 is 13.2 Å². The van der Waals surface area contributed by atoms with E-state index in [0.29, 0.717) is 24.9 Å². The summed E-state index contributed by atoms with van der Waals surface area (Å²) in [7, 11) is -1.86. The van der Waals surface area contributed by atoms with Gasteiger partial charge in [0.05, 0.1) is 18.0 Å². The molecule has 1 fully saturated rings. The fourth-order valence-corrected chi connectivity index (χ4v) is 5.67. The van der Waals surface area contributed by atoms with Crippen molar-refractivity contribution in [3.8, 4) is 0 Å². The lowest BCUT2D eigenvalue weighted by molar-refractivity contribution is -0.132. The van der Waals surface area contributed by atoms with Crippen molar-refractivity contribution in [2.24, 2.45) is 7.05 Å². The average Bonchev–Trinajstić information content (AvgIpc) is 3.52. The van der Waals surface area contributed by atoms with Gasteiger partial charge in [-0.1, -0.05) is 43.3 Å². The molecule has 1 saturated carbocycles. The SMILES string of the molecule is CCCN(CC(=O)N(Cc1cccn1C)C1CC1)S(=O)(=O)c1cccc2ccccc12. The van der Waals surface area contributed by atoms with E-state index < -0.39 is 10.0 Å². The molecule has 31 heavy (non-hydrogen) atoms. The zero-order valence-corrected chi connectivity index (χ0v) is 18.9. The predicted octanol–water partition coefficient (Wildman–Crippen LogP) is 3.77. The monoisotopic (exact) mass is 439 g/mol. The number of carbonyl (C=O) groups excluding carboxylic acids is 1. The van der Waals surface area contributed by atoms with E-state index in [9.17, 15) is 13.2 Å². The van der Waals surface area contributed by atoms with Crippen LogP contribution in [-0.4, -0.2) is 47.2 Å². The highest BCUT2D eigenvalue weighted by molar-refractivity contribution is 7.89. The van der Waals surface area contributed by atoms with E-state index >= 15 is 0 Å². The highest BCUT2D eigenvalue weighted by atomic mass is 32.2. The number of hydrogen-bond acceptors (Lipinski definition) is 3. The Balaban J connectivity index is 1.62. The third-order valence-corrected chi connectivity index (χ3v) is 7.75. The van der Waals surface area contributed by atoms with E-state index in [2.05, 4.69) is 0 Å². The van der Waals surface area contributed by atoms with E-state index in [0.717, 1.165) is 23.9 Å². The van der Waals surface area contributed by atoms with Crippen molar-refractivity contribution in [1.29, 1.82) is 0 Å². The number of rotatable bonds is 9. The van der Waals surface area contributed by atoms with Crippen LogP contribution in [0.15, 0.2) is 65.7 Å². The van der Waals surface area contributed by atoms with E-state index in [1.807, 2.05) is 72.1 Å². The molecule has 1 amide bonds. The molecule has 1 aliphatic carbocycles. The smallest absolute Gasteiger partial charge is 0.244 e. The van der Waals surface area contributed by atoms with Gasteiger partial charge in [-0.3, -0.25) is 4.79 Å². The zero-order valence-electron chi connectivity index (χ0n) is 18.1. The van der Waals surface area contributed by atoms with Crippen LogP contribution in [0.25, 0.3) is 10.8 Å². The Morgan fingerprint density at radius 2 is 1.81 bits per heavy atom. The molecular formula is C24H29N3O3S. The van der Waals surface area contributed by atoms with Gasteiger partial charge in [-0.2, -0.15) is 4.31 Å². The molecule has 3 aromatic rings. The molecule has 7 heteroatoms. The van der Waals surface area contributed by atoms with Gasteiger partial charge in [0, 0.05) is 36.9 Å².